The predicted molar refractivity (Wildman–Crippen MR) is 110 cm³/mol. The molecule has 1 unspecified atom stereocenters. The van der Waals surface area contributed by atoms with Crippen molar-refractivity contribution >= 4 is 40.5 Å². The second-order valence-electron chi connectivity index (χ2n) is 5.74. The quantitative estimate of drug-likeness (QED) is 0.396. The average Bonchev–Trinajstić information content (AvgIpc) is 2.62. The maximum Gasteiger partial charge on any atom is 0.329 e. The monoisotopic (exact) mass is 391 g/mol. The Bertz CT molecular complexity index is 756. The Hall–Kier alpha value is -1.97. The average molecular weight is 392 g/mol. The van der Waals surface area contributed by atoms with Crippen LogP contribution in [0.5, 0.6) is 0 Å². The molecule has 0 saturated heterocycles. The highest BCUT2D eigenvalue weighted by Crippen LogP contribution is 2.41. The maximum atomic E-state index is 12.7. The zero-order valence-corrected chi connectivity index (χ0v) is 16.6. The minimum absolute atomic E-state index is 0.306. The van der Waals surface area contributed by atoms with Crippen molar-refractivity contribution in [3.63, 3.8) is 0 Å². The lowest BCUT2D eigenvalue weighted by Gasteiger charge is -2.34. The van der Waals surface area contributed by atoms with Crippen LogP contribution in [0.15, 0.2) is 55.1 Å². The first-order chi connectivity index (χ1) is 12.5. The van der Waals surface area contributed by atoms with Gasteiger partial charge in [0.2, 0.25) is 0 Å². The molecule has 26 heavy (non-hydrogen) atoms. The van der Waals surface area contributed by atoms with Crippen LogP contribution in [0.2, 0.25) is 10.0 Å². The summed E-state index contributed by atoms with van der Waals surface area (Å²) in [6, 6.07) is 12.6. The molecule has 1 atom stereocenters. The Morgan fingerprint density at radius 3 is 2.38 bits per heavy atom. The summed E-state index contributed by atoms with van der Waals surface area (Å²) in [6.07, 6.45) is 3.04. The van der Waals surface area contributed by atoms with Gasteiger partial charge in [0.1, 0.15) is 6.04 Å². The van der Waals surface area contributed by atoms with E-state index in [0.29, 0.717) is 35.2 Å². The highest BCUT2D eigenvalue weighted by molar-refractivity contribution is 6.39. The molecule has 5 heteroatoms. The van der Waals surface area contributed by atoms with Crippen LogP contribution in [0.4, 0.5) is 11.4 Å². The topological polar surface area (TPSA) is 29.5 Å². The molecule has 0 amide bonds. The fraction of sp³-hybridized carbons (Fsp3) is 0.286. The molecule has 0 aliphatic rings. The number of ether oxygens (including phenoxy) is 1. The van der Waals surface area contributed by atoms with Gasteiger partial charge in [0.25, 0.3) is 0 Å². The molecule has 0 saturated carbocycles. The van der Waals surface area contributed by atoms with Crippen molar-refractivity contribution in [3.05, 3.63) is 70.7 Å². The molecule has 0 N–H and O–H groups in total. The molecule has 2 aromatic carbocycles. The van der Waals surface area contributed by atoms with Crippen LogP contribution in [0.1, 0.15) is 25.8 Å². The van der Waals surface area contributed by atoms with E-state index in [-0.39, 0.29) is 5.97 Å². The minimum atomic E-state index is -0.543. The van der Waals surface area contributed by atoms with E-state index < -0.39 is 6.04 Å². The second kappa shape index (κ2) is 9.65. The minimum Gasteiger partial charge on any atom is -0.464 e. The Morgan fingerprint density at radius 2 is 1.81 bits per heavy atom. The van der Waals surface area contributed by atoms with Crippen molar-refractivity contribution < 1.29 is 9.53 Å². The number of halogens is 2. The highest BCUT2D eigenvalue weighted by atomic mass is 35.5. The van der Waals surface area contributed by atoms with Gasteiger partial charge in [-0.3, -0.25) is 0 Å². The zero-order chi connectivity index (χ0) is 19.1. The van der Waals surface area contributed by atoms with Crippen LogP contribution >= 0.6 is 23.2 Å². The van der Waals surface area contributed by atoms with Gasteiger partial charge in [-0.05, 0) is 43.5 Å². The molecule has 0 bridgehead atoms. The largest absolute Gasteiger partial charge is 0.464 e. The summed E-state index contributed by atoms with van der Waals surface area (Å²) in [5, 5.41) is 0.960. The number of esters is 1. The summed E-state index contributed by atoms with van der Waals surface area (Å²) in [4.78, 5) is 14.6. The van der Waals surface area contributed by atoms with Crippen molar-refractivity contribution in [1.29, 1.82) is 0 Å². The Balaban J connectivity index is 2.70. The lowest BCUT2D eigenvalue weighted by Crippen LogP contribution is -2.39. The van der Waals surface area contributed by atoms with Gasteiger partial charge in [-0.15, -0.1) is 6.58 Å². The summed E-state index contributed by atoms with van der Waals surface area (Å²) in [6.45, 7) is 7.88. The predicted octanol–water partition coefficient (Wildman–Crippen LogP) is 6.20. The summed E-state index contributed by atoms with van der Waals surface area (Å²) in [5.74, 6) is -0.306. The number of rotatable bonds is 8. The van der Waals surface area contributed by atoms with E-state index >= 15 is 0 Å². The van der Waals surface area contributed by atoms with Gasteiger partial charge in [0.15, 0.2) is 0 Å². The van der Waals surface area contributed by atoms with Crippen molar-refractivity contribution in [2.45, 2.75) is 32.7 Å². The van der Waals surface area contributed by atoms with E-state index in [1.54, 1.807) is 25.1 Å². The van der Waals surface area contributed by atoms with Crippen molar-refractivity contribution in [1.82, 2.24) is 0 Å². The number of hydrogen-bond donors (Lipinski definition) is 0. The first kappa shape index (κ1) is 20.3. The molecule has 138 valence electrons. The molecule has 0 fully saturated rings. The molecule has 0 radical (unpaired) electrons. The van der Waals surface area contributed by atoms with Crippen LogP contribution in [-0.2, 0) is 16.0 Å². The summed E-state index contributed by atoms with van der Waals surface area (Å²) in [5.41, 5.74) is 2.50. The van der Waals surface area contributed by atoms with E-state index in [1.807, 2.05) is 42.2 Å². The number of hydrogen-bond acceptors (Lipinski definition) is 3. The summed E-state index contributed by atoms with van der Waals surface area (Å²) in [7, 11) is 0. The van der Waals surface area contributed by atoms with Crippen molar-refractivity contribution in [2.24, 2.45) is 0 Å². The highest BCUT2D eigenvalue weighted by Gasteiger charge is 2.31. The maximum absolute atomic E-state index is 12.7. The number of anilines is 2. The number of nitrogens with zero attached hydrogens (tertiary/aromatic N) is 1. The van der Waals surface area contributed by atoms with Gasteiger partial charge in [-0.25, -0.2) is 4.79 Å². The van der Waals surface area contributed by atoms with E-state index in [1.165, 1.54) is 0 Å². The van der Waals surface area contributed by atoms with E-state index in [0.717, 1.165) is 11.3 Å². The SMILES string of the molecule is C=CCc1ccccc1N(c1c(Cl)cccc1Cl)C(CC)C(=O)OCC. The third kappa shape index (κ3) is 4.40. The van der Waals surface area contributed by atoms with Crippen molar-refractivity contribution in [2.75, 3.05) is 11.5 Å². The number of para-hydroxylation sites is 2. The molecule has 0 spiro atoms. The lowest BCUT2D eigenvalue weighted by molar-refractivity contribution is -0.144. The van der Waals surface area contributed by atoms with Gasteiger partial charge in [0, 0.05) is 5.69 Å². The van der Waals surface area contributed by atoms with Crippen LogP contribution in [0, 0.1) is 0 Å². The number of carbonyl (C=O) groups excluding carboxylic acids is 1. The molecule has 0 aromatic heterocycles. The third-order valence-electron chi connectivity index (χ3n) is 4.05. The van der Waals surface area contributed by atoms with Crippen LogP contribution in [-0.4, -0.2) is 18.6 Å². The van der Waals surface area contributed by atoms with Gasteiger partial charge in [-0.2, -0.15) is 0 Å². The Morgan fingerprint density at radius 1 is 1.15 bits per heavy atom. The van der Waals surface area contributed by atoms with Crippen LogP contribution < -0.4 is 4.90 Å². The molecule has 0 aliphatic carbocycles. The number of allylic oxidation sites excluding steroid dienone is 1. The standard InChI is InChI=1S/C21H23Cl2NO2/c1-4-10-15-11-7-8-14-19(15)24(18(5-2)21(25)26-6-3)20-16(22)12-9-13-17(20)23/h4,7-9,11-14,18H,1,5-6,10H2,2-3H3. The fourth-order valence-electron chi connectivity index (χ4n) is 2.93. The van der Waals surface area contributed by atoms with Crippen LogP contribution in [0.3, 0.4) is 0 Å². The van der Waals surface area contributed by atoms with Gasteiger partial charge in [0.05, 0.1) is 22.3 Å². The smallest absolute Gasteiger partial charge is 0.329 e. The molecule has 0 heterocycles. The summed E-state index contributed by atoms with van der Waals surface area (Å²) >= 11 is 13.0. The third-order valence-corrected chi connectivity index (χ3v) is 4.66. The second-order valence-corrected chi connectivity index (χ2v) is 6.55. The van der Waals surface area contributed by atoms with E-state index in [9.17, 15) is 4.79 Å². The Kier molecular flexibility index (Phi) is 7.55. The van der Waals surface area contributed by atoms with Crippen LogP contribution in [0.25, 0.3) is 0 Å². The number of benzene rings is 2. The summed E-state index contributed by atoms with van der Waals surface area (Å²) < 4.78 is 5.31. The lowest BCUT2D eigenvalue weighted by atomic mass is 10.0. The first-order valence-corrected chi connectivity index (χ1v) is 9.39. The zero-order valence-electron chi connectivity index (χ0n) is 15.0. The number of carbonyl (C=O) groups is 1. The fourth-order valence-corrected chi connectivity index (χ4v) is 3.51. The Labute approximate surface area is 165 Å². The normalized spacial score (nSPS) is 11.7. The molecular weight excluding hydrogens is 369 g/mol. The van der Waals surface area contributed by atoms with Crippen molar-refractivity contribution in [3.8, 4) is 0 Å². The molecular formula is C21H23Cl2NO2. The molecule has 3 nitrogen and oxygen atoms in total. The molecule has 2 aromatic rings. The van der Waals surface area contributed by atoms with E-state index in [2.05, 4.69) is 6.58 Å². The van der Waals surface area contributed by atoms with Gasteiger partial charge >= 0.3 is 5.97 Å². The van der Waals surface area contributed by atoms with Gasteiger partial charge in [-0.1, -0.05) is 60.5 Å². The first-order valence-electron chi connectivity index (χ1n) is 8.63. The molecule has 0 aliphatic heterocycles. The van der Waals surface area contributed by atoms with Gasteiger partial charge < -0.3 is 9.64 Å². The molecule has 2 rings (SSSR count). The van der Waals surface area contributed by atoms with E-state index in [4.69, 9.17) is 27.9 Å².